The van der Waals surface area contributed by atoms with Crippen LogP contribution in [0.3, 0.4) is 0 Å². The zero-order chi connectivity index (χ0) is 7.40. The summed E-state index contributed by atoms with van der Waals surface area (Å²) in [6.07, 6.45) is 1.73. The maximum absolute atomic E-state index is 11.4. The zero-order valence-corrected chi connectivity index (χ0v) is 5.60. The van der Waals surface area contributed by atoms with E-state index < -0.39 is 12.8 Å². The summed E-state index contributed by atoms with van der Waals surface area (Å²) in [6, 6.07) is -0.268. The Kier molecular flexibility index (Phi) is 2.62. The number of hydrogen-bond donors (Lipinski definition) is 1. The van der Waals surface area contributed by atoms with Crippen LogP contribution in [0.2, 0.25) is 0 Å². The van der Waals surface area contributed by atoms with Crippen molar-refractivity contribution >= 4 is 5.97 Å². The molecule has 4 heteroatoms. The number of rotatable bonds is 2. The van der Waals surface area contributed by atoms with Crippen molar-refractivity contribution in [3.8, 4) is 0 Å². The van der Waals surface area contributed by atoms with E-state index in [0.29, 0.717) is 0 Å². The second-order valence-corrected chi connectivity index (χ2v) is 2.22. The van der Waals surface area contributed by atoms with Crippen LogP contribution in [0, 0.1) is 0 Å². The number of carbonyl (C=O) groups is 1. The number of alkyl halides is 1. The minimum atomic E-state index is -1.02. The van der Waals surface area contributed by atoms with E-state index in [2.05, 4.69) is 10.1 Å². The standard InChI is InChI=1S/C6H10FNO2/c7-4-10-6(9)5-2-1-3-8-5/h5,8H,1-4H2. The SMILES string of the molecule is O=C(OCF)C1CCCN1. The molecule has 1 rings (SSSR count). The summed E-state index contributed by atoms with van der Waals surface area (Å²) >= 11 is 0. The summed E-state index contributed by atoms with van der Waals surface area (Å²) in [7, 11) is 0. The highest BCUT2D eigenvalue weighted by Gasteiger charge is 2.22. The predicted molar refractivity (Wildman–Crippen MR) is 33.1 cm³/mol. The van der Waals surface area contributed by atoms with Gasteiger partial charge in [-0.05, 0) is 19.4 Å². The van der Waals surface area contributed by atoms with Gasteiger partial charge in [-0.2, -0.15) is 0 Å². The summed E-state index contributed by atoms with van der Waals surface area (Å²) in [6.45, 7) is -0.191. The Bertz CT molecular complexity index is 123. The Balaban J connectivity index is 2.25. The quantitative estimate of drug-likeness (QED) is 0.567. The molecule has 3 nitrogen and oxygen atoms in total. The van der Waals surface area contributed by atoms with Gasteiger partial charge < -0.3 is 10.1 Å². The molecule has 0 aromatic carbocycles. The average Bonchev–Trinajstić information content (AvgIpc) is 2.38. The normalized spacial score (nSPS) is 24.7. The highest BCUT2D eigenvalue weighted by Crippen LogP contribution is 2.05. The van der Waals surface area contributed by atoms with Crippen LogP contribution in [0.15, 0.2) is 0 Å². The van der Waals surface area contributed by atoms with Crippen LogP contribution in [-0.2, 0) is 9.53 Å². The lowest BCUT2D eigenvalue weighted by Crippen LogP contribution is -2.32. The molecule has 1 aliphatic heterocycles. The molecule has 0 saturated carbocycles. The number of esters is 1. The summed E-state index contributed by atoms with van der Waals surface area (Å²) < 4.78 is 15.6. The Morgan fingerprint density at radius 1 is 1.80 bits per heavy atom. The molecule has 1 fully saturated rings. The minimum Gasteiger partial charge on any atom is -0.433 e. The molecule has 0 amide bonds. The molecule has 1 N–H and O–H groups in total. The van der Waals surface area contributed by atoms with E-state index in [0.717, 1.165) is 19.4 Å². The molecule has 0 aromatic heterocycles. The van der Waals surface area contributed by atoms with Crippen molar-refractivity contribution in [3.63, 3.8) is 0 Å². The Morgan fingerprint density at radius 3 is 3.10 bits per heavy atom. The monoisotopic (exact) mass is 147 g/mol. The molecule has 0 bridgehead atoms. The van der Waals surface area contributed by atoms with Crippen LogP contribution in [0.4, 0.5) is 4.39 Å². The van der Waals surface area contributed by atoms with Crippen molar-refractivity contribution in [2.45, 2.75) is 18.9 Å². The molecular formula is C6H10FNO2. The van der Waals surface area contributed by atoms with Gasteiger partial charge in [-0.3, -0.25) is 4.79 Å². The molecule has 1 aliphatic rings. The van der Waals surface area contributed by atoms with E-state index in [9.17, 15) is 9.18 Å². The maximum atomic E-state index is 11.4. The van der Waals surface area contributed by atoms with Crippen LogP contribution in [0.25, 0.3) is 0 Å². The fourth-order valence-electron chi connectivity index (χ4n) is 1.04. The lowest BCUT2D eigenvalue weighted by molar-refractivity contribution is -0.149. The van der Waals surface area contributed by atoms with Gasteiger partial charge in [0.1, 0.15) is 6.04 Å². The van der Waals surface area contributed by atoms with E-state index in [1.54, 1.807) is 0 Å². The van der Waals surface area contributed by atoms with Gasteiger partial charge in [0.15, 0.2) is 0 Å². The average molecular weight is 147 g/mol. The summed E-state index contributed by atoms with van der Waals surface area (Å²) in [5, 5.41) is 2.90. The second kappa shape index (κ2) is 3.51. The first-order valence-electron chi connectivity index (χ1n) is 3.30. The lowest BCUT2D eigenvalue weighted by Gasteiger charge is -2.06. The van der Waals surface area contributed by atoms with Crippen molar-refractivity contribution < 1.29 is 13.9 Å². The summed E-state index contributed by atoms with van der Waals surface area (Å²) in [4.78, 5) is 10.7. The van der Waals surface area contributed by atoms with Gasteiger partial charge in [-0.25, -0.2) is 4.39 Å². The number of ether oxygens (including phenoxy) is 1. The van der Waals surface area contributed by atoms with Crippen molar-refractivity contribution in [1.82, 2.24) is 5.32 Å². The smallest absolute Gasteiger partial charge is 0.325 e. The number of hydrogen-bond acceptors (Lipinski definition) is 3. The predicted octanol–water partition coefficient (Wildman–Crippen LogP) is 0.209. The van der Waals surface area contributed by atoms with E-state index >= 15 is 0 Å². The van der Waals surface area contributed by atoms with Crippen LogP contribution >= 0.6 is 0 Å². The van der Waals surface area contributed by atoms with Gasteiger partial charge >= 0.3 is 5.97 Å². The first-order valence-corrected chi connectivity index (χ1v) is 3.30. The molecule has 0 aromatic rings. The molecule has 10 heavy (non-hydrogen) atoms. The van der Waals surface area contributed by atoms with Gasteiger partial charge in [0.25, 0.3) is 0 Å². The molecule has 58 valence electrons. The molecule has 0 spiro atoms. The van der Waals surface area contributed by atoms with E-state index in [-0.39, 0.29) is 6.04 Å². The highest BCUT2D eigenvalue weighted by molar-refractivity contribution is 5.75. The topological polar surface area (TPSA) is 38.3 Å². The third-order valence-corrected chi connectivity index (χ3v) is 1.54. The van der Waals surface area contributed by atoms with E-state index in [4.69, 9.17) is 0 Å². The lowest BCUT2D eigenvalue weighted by atomic mass is 10.2. The molecule has 0 radical (unpaired) electrons. The Morgan fingerprint density at radius 2 is 2.60 bits per heavy atom. The largest absolute Gasteiger partial charge is 0.433 e. The fourth-order valence-corrected chi connectivity index (χ4v) is 1.04. The second-order valence-electron chi connectivity index (χ2n) is 2.22. The minimum absolute atomic E-state index is 0.268. The van der Waals surface area contributed by atoms with Gasteiger partial charge in [0, 0.05) is 0 Å². The number of nitrogens with one attached hydrogen (secondary N) is 1. The Labute approximate surface area is 58.5 Å². The molecule has 1 atom stereocenters. The molecule has 1 heterocycles. The van der Waals surface area contributed by atoms with Crippen molar-refractivity contribution in [1.29, 1.82) is 0 Å². The number of carbonyl (C=O) groups excluding carboxylic acids is 1. The molecule has 1 unspecified atom stereocenters. The molecular weight excluding hydrogens is 137 g/mol. The highest BCUT2D eigenvalue weighted by atomic mass is 19.1. The summed E-state index contributed by atoms with van der Waals surface area (Å²) in [5.41, 5.74) is 0. The van der Waals surface area contributed by atoms with Crippen LogP contribution in [-0.4, -0.2) is 25.4 Å². The Hall–Kier alpha value is -0.640. The van der Waals surface area contributed by atoms with E-state index in [1.807, 2.05) is 0 Å². The first-order chi connectivity index (χ1) is 4.84. The van der Waals surface area contributed by atoms with Gasteiger partial charge in [-0.15, -0.1) is 0 Å². The molecule has 1 saturated heterocycles. The van der Waals surface area contributed by atoms with Gasteiger partial charge in [0.05, 0.1) is 0 Å². The fraction of sp³-hybridized carbons (Fsp3) is 0.833. The van der Waals surface area contributed by atoms with Crippen LogP contribution < -0.4 is 5.32 Å². The zero-order valence-electron chi connectivity index (χ0n) is 5.60. The van der Waals surface area contributed by atoms with Crippen LogP contribution in [0.1, 0.15) is 12.8 Å². The summed E-state index contributed by atoms with van der Waals surface area (Å²) in [5.74, 6) is -0.472. The van der Waals surface area contributed by atoms with Crippen molar-refractivity contribution in [2.75, 3.05) is 13.4 Å². The first kappa shape index (κ1) is 7.47. The van der Waals surface area contributed by atoms with E-state index in [1.165, 1.54) is 0 Å². The van der Waals surface area contributed by atoms with Crippen molar-refractivity contribution in [2.24, 2.45) is 0 Å². The van der Waals surface area contributed by atoms with Crippen LogP contribution in [0.5, 0.6) is 0 Å². The molecule has 0 aliphatic carbocycles. The third kappa shape index (κ3) is 1.67. The number of halogens is 1. The van der Waals surface area contributed by atoms with Gasteiger partial charge in [0.2, 0.25) is 6.86 Å². The van der Waals surface area contributed by atoms with Crippen molar-refractivity contribution in [3.05, 3.63) is 0 Å². The third-order valence-electron chi connectivity index (χ3n) is 1.54. The maximum Gasteiger partial charge on any atom is 0.325 e. The van der Waals surface area contributed by atoms with Gasteiger partial charge in [-0.1, -0.05) is 0 Å².